The number of nitrogens with zero attached hydrogens (tertiary/aromatic N) is 1. The summed E-state index contributed by atoms with van der Waals surface area (Å²) in [6, 6.07) is 1.64. The minimum atomic E-state index is -4.64. The zero-order valence-electron chi connectivity index (χ0n) is 8.02. The van der Waals surface area contributed by atoms with Crippen LogP contribution in [0.1, 0.15) is 0 Å². The van der Waals surface area contributed by atoms with Crippen molar-refractivity contribution in [1.29, 1.82) is 0 Å². The van der Waals surface area contributed by atoms with E-state index in [1.165, 1.54) is 0 Å². The van der Waals surface area contributed by atoms with Gasteiger partial charge in [0, 0.05) is 0 Å². The van der Waals surface area contributed by atoms with Crippen LogP contribution in [0.15, 0.2) is 28.3 Å². The van der Waals surface area contributed by atoms with E-state index in [9.17, 15) is 16.8 Å². The fraction of sp³-hybridized carbons (Fsp3) is 0. The summed E-state index contributed by atoms with van der Waals surface area (Å²) >= 11 is 0. The van der Waals surface area contributed by atoms with Gasteiger partial charge in [-0.1, -0.05) is 0 Å². The van der Waals surface area contributed by atoms with Crippen LogP contribution in [0, 0.1) is 0 Å². The molecule has 3 N–H and O–H groups in total. The molecule has 0 atom stereocenters. The average Bonchev–Trinajstić information content (AvgIpc) is 2.59. The van der Waals surface area contributed by atoms with E-state index >= 15 is 0 Å². The molecule has 0 saturated heterocycles. The van der Waals surface area contributed by atoms with Crippen LogP contribution < -0.4 is 0 Å². The van der Waals surface area contributed by atoms with Gasteiger partial charge in [0.15, 0.2) is 0 Å². The fourth-order valence-corrected chi connectivity index (χ4v) is 2.63. The predicted octanol–water partition coefficient (Wildman–Crippen LogP) is -0.592. The number of aromatic nitrogens is 2. The maximum atomic E-state index is 11.0. The molecule has 0 bridgehead atoms. The molecule has 1 aromatic heterocycles. The fourth-order valence-electron chi connectivity index (χ4n) is 1.34. The first-order chi connectivity index (χ1) is 7.69. The Morgan fingerprint density at radius 3 is 2.17 bits per heavy atom. The Morgan fingerprint density at radius 2 is 1.67 bits per heavy atom. The molecule has 2 rings (SSSR count). The molecule has 1 aromatic carbocycles. The van der Waals surface area contributed by atoms with E-state index in [2.05, 4.69) is 9.97 Å². The van der Waals surface area contributed by atoms with Gasteiger partial charge in [-0.2, -0.15) is 16.8 Å². The van der Waals surface area contributed by atoms with Crippen molar-refractivity contribution in [2.75, 3.05) is 0 Å². The molecule has 0 amide bonds. The van der Waals surface area contributed by atoms with Crippen LogP contribution in [-0.2, 0) is 20.2 Å². The van der Waals surface area contributed by atoms with Gasteiger partial charge in [-0.05, 0) is 12.1 Å². The van der Waals surface area contributed by atoms with Crippen molar-refractivity contribution in [3.8, 4) is 0 Å². The van der Waals surface area contributed by atoms with E-state index in [0.29, 0.717) is 6.07 Å². The second-order valence-electron chi connectivity index (χ2n) is 3.17. The quantitative estimate of drug-likeness (QED) is 0.498. The molecule has 0 aliphatic rings. The van der Waals surface area contributed by atoms with Crippen LogP contribution in [0.5, 0.6) is 0 Å². The number of imidazole rings is 1. The van der Waals surface area contributed by atoms with Crippen LogP contribution in [0.25, 0.3) is 11.0 Å². The predicted molar refractivity (Wildman–Crippen MR) is 62.9 cm³/mol. The third-order valence-corrected chi connectivity index (χ3v) is 3.74. The zero-order chi connectivity index (χ0) is 12.8. The monoisotopic (exact) mass is 302 g/mol. The van der Waals surface area contributed by atoms with Gasteiger partial charge in [0.1, 0.15) is 10.4 Å². The summed E-state index contributed by atoms with van der Waals surface area (Å²) in [7, 11) is -9.22. The van der Waals surface area contributed by atoms with E-state index in [-0.39, 0.29) is 40.6 Å². The van der Waals surface area contributed by atoms with E-state index < -0.39 is 30.0 Å². The van der Waals surface area contributed by atoms with Crippen molar-refractivity contribution in [3.05, 3.63) is 18.5 Å². The van der Waals surface area contributed by atoms with Crippen molar-refractivity contribution < 1.29 is 25.9 Å². The molecule has 0 fully saturated rings. The van der Waals surface area contributed by atoms with Gasteiger partial charge < -0.3 is 4.98 Å². The Kier molecular flexibility index (Phi) is 4.23. The van der Waals surface area contributed by atoms with Crippen molar-refractivity contribution in [3.63, 3.8) is 0 Å². The first kappa shape index (κ1) is 15.6. The molecule has 2 aromatic rings. The molecule has 11 heteroatoms. The summed E-state index contributed by atoms with van der Waals surface area (Å²) in [6.07, 6.45) is 1.13. The van der Waals surface area contributed by atoms with Crippen LogP contribution in [0.3, 0.4) is 0 Å². The summed E-state index contributed by atoms with van der Waals surface area (Å²) in [5, 5.41) is 0. The molecule has 0 unspecified atom stereocenters. The SMILES string of the molecule is O=S(=O)(O)c1cc(S(=O)(=O)O)c2nc[nH]c2c1.[NaH]. The number of hydrogen-bond donors (Lipinski definition) is 3. The molecule has 0 saturated carbocycles. The van der Waals surface area contributed by atoms with Gasteiger partial charge in [0.05, 0.1) is 16.7 Å². The van der Waals surface area contributed by atoms with Crippen LogP contribution in [0.2, 0.25) is 0 Å². The first-order valence-corrected chi connectivity index (χ1v) is 7.00. The summed E-state index contributed by atoms with van der Waals surface area (Å²) in [4.78, 5) is 4.78. The minimum absolute atomic E-state index is 0. The van der Waals surface area contributed by atoms with Crippen molar-refractivity contribution in [1.82, 2.24) is 9.97 Å². The number of aromatic amines is 1. The zero-order valence-corrected chi connectivity index (χ0v) is 9.66. The molecule has 18 heavy (non-hydrogen) atoms. The summed E-state index contributed by atoms with van der Waals surface area (Å²) in [5.74, 6) is 0. The number of H-pyrrole nitrogens is 1. The van der Waals surface area contributed by atoms with Crippen LogP contribution in [-0.4, -0.2) is 65.5 Å². The van der Waals surface area contributed by atoms with E-state index in [4.69, 9.17) is 9.11 Å². The number of rotatable bonds is 2. The first-order valence-electron chi connectivity index (χ1n) is 4.12. The molecule has 0 aliphatic heterocycles. The van der Waals surface area contributed by atoms with E-state index in [0.717, 1.165) is 12.4 Å². The summed E-state index contributed by atoms with van der Waals surface area (Å²) in [6.45, 7) is 0. The van der Waals surface area contributed by atoms with Crippen molar-refractivity contribution >= 4 is 60.8 Å². The van der Waals surface area contributed by atoms with Gasteiger partial charge in [0.25, 0.3) is 20.2 Å². The Hall–Kier alpha value is -0.490. The molecule has 0 spiro atoms. The molecule has 0 radical (unpaired) electrons. The molecular formula is C7H7N2NaO6S2. The Morgan fingerprint density at radius 1 is 1.06 bits per heavy atom. The topological polar surface area (TPSA) is 137 Å². The van der Waals surface area contributed by atoms with Crippen molar-refractivity contribution in [2.45, 2.75) is 9.79 Å². The second kappa shape index (κ2) is 4.89. The third-order valence-electron chi connectivity index (χ3n) is 2.04. The molecule has 94 valence electrons. The number of fused-ring (bicyclic) bond motifs is 1. The van der Waals surface area contributed by atoms with Crippen LogP contribution in [0.4, 0.5) is 0 Å². The normalized spacial score (nSPS) is 12.3. The molecule has 1 heterocycles. The van der Waals surface area contributed by atoms with E-state index in [1.807, 2.05) is 0 Å². The third kappa shape index (κ3) is 2.91. The van der Waals surface area contributed by atoms with Gasteiger partial charge in [-0.3, -0.25) is 9.11 Å². The van der Waals surface area contributed by atoms with Gasteiger partial charge in [0.2, 0.25) is 0 Å². The van der Waals surface area contributed by atoms with Crippen LogP contribution >= 0.6 is 0 Å². The number of benzene rings is 1. The Balaban J connectivity index is 0.00000162. The molecule has 8 nitrogen and oxygen atoms in total. The Bertz CT molecular complexity index is 794. The van der Waals surface area contributed by atoms with Gasteiger partial charge in [-0.15, -0.1) is 0 Å². The van der Waals surface area contributed by atoms with Gasteiger partial charge in [-0.25, -0.2) is 4.98 Å². The summed E-state index contributed by atoms with van der Waals surface area (Å²) < 4.78 is 61.7. The van der Waals surface area contributed by atoms with Crippen molar-refractivity contribution in [2.24, 2.45) is 0 Å². The number of nitrogens with one attached hydrogen (secondary N) is 1. The summed E-state index contributed by atoms with van der Waals surface area (Å²) in [5.41, 5.74) is -0.0485. The molecular weight excluding hydrogens is 295 g/mol. The Labute approximate surface area is 124 Å². The number of hydrogen-bond acceptors (Lipinski definition) is 5. The van der Waals surface area contributed by atoms with Gasteiger partial charge >= 0.3 is 29.6 Å². The molecule has 0 aliphatic carbocycles. The second-order valence-corrected chi connectivity index (χ2v) is 5.98. The average molecular weight is 302 g/mol. The van der Waals surface area contributed by atoms with E-state index in [1.54, 1.807) is 0 Å². The maximum absolute atomic E-state index is 11.0. The standard InChI is InChI=1S/C7H6N2O6S2.Na.H/c10-16(11,12)4-1-5-7(9-3-8-5)6(2-4)17(13,14)15;;/h1-3H,(H,8,9)(H,10,11,12)(H,13,14,15);;.